The molecule has 2 unspecified atom stereocenters. The number of cyclic esters (lactones) is 1. The van der Waals surface area contributed by atoms with Crippen molar-refractivity contribution in [3.8, 4) is 0 Å². The van der Waals surface area contributed by atoms with Crippen LogP contribution in [0.3, 0.4) is 0 Å². The molecule has 0 radical (unpaired) electrons. The largest absolute Gasteiger partial charge is 0.477 e. The highest BCUT2D eigenvalue weighted by atomic mass is 35.5. The summed E-state index contributed by atoms with van der Waals surface area (Å²) in [6.07, 6.45) is -6.82. The van der Waals surface area contributed by atoms with Crippen molar-refractivity contribution in [1.29, 1.82) is 0 Å². The number of benzene rings is 1. The smallest absolute Gasteiger partial charge is 0.407 e. The number of halogens is 1. The second kappa shape index (κ2) is 30.3. The Kier molecular flexibility index (Phi) is 24.9. The van der Waals surface area contributed by atoms with Crippen molar-refractivity contribution in [2.24, 2.45) is 28.8 Å². The zero-order chi connectivity index (χ0) is 62.9. The zero-order valence-electron chi connectivity index (χ0n) is 52.3. The quantitative estimate of drug-likeness (QED) is 0.0413. The van der Waals surface area contributed by atoms with Crippen LogP contribution < -0.4 is 16.1 Å². The molecule has 1 saturated carbocycles. The number of oxime groups is 1. The van der Waals surface area contributed by atoms with E-state index in [0.717, 1.165) is 12.8 Å². The molecule has 4 fully saturated rings. The number of nitrogens with one attached hydrogen (secondary N) is 2. The number of carboxylic acids is 1. The predicted octanol–water partition coefficient (Wildman–Crippen LogP) is 6.14. The molecule has 1 aliphatic carbocycles. The molecule has 6 rings (SSSR count). The predicted molar refractivity (Wildman–Crippen MR) is 316 cm³/mol. The number of amides is 1. The third kappa shape index (κ3) is 16.7. The van der Waals surface area contributed by atoms with Crippen molar-refractivity contribution < 1.29 is 87.0 Å². The summed E-state index contributed by atoms with van der Waals surface area (Å²) in [5.41, 5.74) is -3.79. The molecule has 2 aromatic rings. The summed E-state index contributed by atoms with van der Waals surface area (Å²) in [5, 5.41) is 56.7. The molecular weight excluding hydrogens is 1130 g/mol. The number of aliphatic hydroxyl groups excluding tert-OH is 2. The number of fused-ring (bicyclic) bond motifs is 1. The van der Waals surface area contributed by atoms with Crippen LogP contribution in [-0.4, -0.2) is 212 Å². The molecule has 3 saturated heterocycles. The van der Waals surface area contributed by atoms with Crippen LogP contribution in [0.25, 0.3) is 10.9 Å². The van der Waals surface area contributed by atoms with Gasteiger partial charge in [0, 0.05) is 75.2 Å². The van der Waals surface area contributed by atoms with Crippen molar-refractivity contribution in [1.82, 2.24) is 14.8 Å². The van der Waals surface area contributed by atoms with Gasteiger partial charge in [0.05, 0.1) is 90.4 Å². The van der Waals surface area contributed by atoms with E-state index in [-0.39, 0.29) is 88.0 Å². The van der Waals surface area contributed by atoms with Gasteiger partial charge in [-0.2, -0.15) is 0 Å². The van der Waals surface area contributed by atoms with Gasteiger partial charge in [0.2, 0.25) is 5.43 Å². The Labute approximate surface area is 504 Å². The average Bonchev–Trinajstić information content (AvgIpc) is 3.37. The van der Waals surface area contributed by atoms with Gasteiger partial charge in [-0.1, -0.05) is 44.5 Å². The SMILES string of the molecule is CCO/N=C1\[C@H](C)C[C@@](C)(OC)[C@H](OC2O[C@H](C)C[C@H](N(C)C)[C@H]2O)[C@@H](C)[C@H](OC2C[C@@](C)(OC)[C@@H](OC(=O)NCCOCCOCCNc3cc4c(=O)c(C(=O)O)cn(C5CC5)c4cc3Cl)[C@H](C)O2)[C@@H](C)C(=O)O[C@H](CC)[C@@](C)(O)[C@H](O)[C@H]1C. The number of hydrogen-bond acceptors (Lipinski definition) is 21. The Bertz CT molecular complexity index is 2640. The monoisotopic (exact) mass is 1230 g/mol. The lowest BCUT2D eigenvalue weighted by atomic mass is 9.73. The number of esters is 1. The lowest BCUT2D eigenvalue weighted by Gasteiger charge is -2.50. The molecule has 4 aliphatic rings. The van der Waals surface area contributed by atoms with Gasteiger partial charge >= 0.3 is 18.0 Å². The molecule has 1 amide bonds. The van der Waals surface area contributed by atoms with E-state index in [4.69, 9.17) is 63.8 Å². The minimum Gasteiger partial charge on any atom is -0.477 e. The molecule has 24 nitrogen and oxygen atoms in total. The first kappa shape index (κ1) is 69.8. The number of nitrogens with zero attached hydrogens (tertiary/aromatic N) is 3. The highest BCUT2D eigenvalue weighted by Gasteiger charge is 2.55. The number of methoxy groups -OCH3 is 2. The van der Waals surface area contributed by atoms with Crippen molar-refractivity contribution in [3.63, 3.8) is 0 Å². The first-order valence-corrected chi connectivity index (χ1v) is 30.3. The molecule has 482 valence electrons. The van der Waals surface area contributed by atoms with E-state index in [1.807, 2.05) is 51.3 Å². The van der Waals surface area contributed by atoms with Gasteiger partial charge in [-0.15, -0.1) is 0 Å². The van der Waals surface area contributed by atoms with E-state index in [1.54, 1.807) is 60.8 Å². The van der Waals surface area contributed by atoms with Gasteiger partial charge in [-0.3, -0.25) is 9.59 Å². The van der Waals surface area contributed by atoms with Crippen LogP contribution in [0.2, 0.25) is 5.02 Å². The minimum absolute atomic E-state index is 0.0179. The van der Waals surface area contributed by atoms with Gasteiger partial charge in [-0.25, -0.2) is 9.59 Å². The van der Waals surface area contributed by atoms with Gasteiger partial charge < -0.3 is 92.7 Å². The number of hydrogen-bond donors (Lipinski definition) is 6. The fourth-order valence-corrected chi connectivity index (χ4v) is 12.6. The van der Waals surface area contributed by atoms with E-state index < -0.39 is 119 Å². The summed E-state index contributed by atoms with van der Waals surface area (Å²) in [4.78, 5) is 60.6. The van der Waals surface area contributed by atoms with E-state index in [9.17, 15) is 39.6 Å². The van der Waals surface area contributed by atoms with Crippen molar-refractivity contribution in [2.75, 3.05) is 79.8 Å². The number of carbonyl (C=O) groups excluding carboxylic acids is 2. The number of carboxylic acid groups (broad SMARTS) is 1. The second-order valence-corrected chi connectivity index (χ2v) is 24.7. The van der Waals surface area contributed by atoms with Crippen LogP contribution in [-0.2, 0) is 57.0 Å². The van der Waals surface area contributed by atoms with Crippen molar-refractivity contribution in [2.45, 2.75) is 205 Å². The van der Waals surface area contributed by atoms with E-state index in [0.29, 0.717) is 34.9 Å². The Morgan fingerprint density at radius 1 is 0.882 bits per heavy atom. The standard InChI is InChI=1S/C60H96ClN5O19/c1-16-45-60(11,74)51(69)34(5)47(64-79-17-2)32(3)29-58(9,75-14)52(84-56-49(68)44(65(12)13)26-33(4)80-56)35(6)50(36(7)55(72)82-45)83-46-30-59(10,76-15)53(37(8)81-46)85-57(73)63-21-23-78-25-24-77-22-20-62-42-27-39-43(28-41(42)61)66(38-18-19-38)31-40(48(39)67)54(70)71/h27-28,31-38,44-46,49-53,56,62,68-69,74H,16-26,29-30H2,1-15H3,(H,63,73)(H,70,71)/b64-47+/t32-,33-,34+,35+,36-,37+,44+,45-,46?,49-,50+,51-,52-,53+,56?,58-,59-,60-/m1/s1. The first-order valence-electron chi connectivity index (χ1n) is 29.9. The molecule has 3 aliphatic heterocycles. The van der Waals surface area contributed by atoms with E-state index in [2.05, 4.69) is 15.8 Å². The number of alkyl carbamates (subject to hydrolysis) is 1. The summed E-state index contributed by atoms with van der Waals surface area (Å²) >= 11 is 6.59. The Balaban J connectivity index is 1.12. The van der Waals surface area contributed by atoms with Crippen LogP contribution in [0.5, 0.6) is 0 Å². The van der Waals surface area contributed by atoms with Crippen LogP contribution in [0.15, 0.2) is 28.3 Å². The lowest BCUT2D eigenvalue weighted by Crippen LogP contribution is -2.62. The third-order valence-electron chi connectivity index (χ3n) is 17.5. The Hall–Kier alpha value is -4.28. The maximum atomic E-state index is 14.7. The molecule has 0 bridgehead atoms. The third-order valence-corrected chi connectivity index (χ3v) is 17.9. The van der Waals surface area contributed by atoms with Crippen LogP contribution in [0.4, 0.5) is 10.5 Å². The molecule has 85 heavy (non-hydrogen) atoms. The van der Waals surface area contributed by atoms with Crippen LogP contribution in [0.1, 0.15) is 131 Å². The Morgan fingerprint density at radius 3 is 2.13 bits per heavy atom. The molecule has 4 heterocycles. The molecular formula is C60H96ClN5O19. The summed E-state index contributed by atoms with van der Waals surface area (Å²) in [6, 6.07) is 3.05. The highest BCUT2D eigenvalue weighted by molar-refractivity contribution is 6.34. The normalized spacial score (nSPS) is 35.7. The van der Waals surface area contributed by atoms with Gasteiger partial charge in [0.1, 0.15) is 35.6 Å². The zero-order valence-corrected chi connectivity index (χ0v) is 53.1. The molecule has 0 spiro atoms. The number of carbonyl (C=O) groups is 3. The number of aliphatic hydroxyl groups is 3. The number of likely N-dealkylation sites (N-methyl/N-ethyl adjacent to an activating group) is 1. The number of aromatic nitrogens is 1. The summed E-state index contributed by atoms with van der Waals surface area (Å²) in [6.45, 7) is 20.9. The van der Waals surface area contributed by atoms with Crippen molar-refractivity contribution >= 4 is 51.9 Å². The molecule has 18 atom stereocenters. The average molecular weight is 1230 g/mol. The number of pyridine rings is 1. The Morgan fingerprint density at radius 2 is 1.53 bits per heavy atom. The fourth-order valence-electron chi connectivity index (χ4n) is 12.4. The maximum absolute atomic E-state index is 14.7. The fraction of sp³-hybridized carbons (Fsp3) is 0.783. The van der Waals surface area contributed by atoms with E-state index >= 15 is 0 Å². The maximum Gasteiger partial charge on any atom is 0.407 e. The molecule has 1 aromatic heterocycles. The van der Waals surface area contributed by atoms with Crippen molar-refractivity contribution in [3.05, 3.63) is 39.1 Å². The summed E-state index contributed by atoms with van der Waals surface area (Å²) in [7, 11) is 6.80. The number of aromatic carboxylic acids is 1. The number of anilines is 1. The topological polar surface area (TPSA) is 295 Å². The van der Waals surface area contributed by atoms with Crippen LogP contribution >= 0.6 is 11.6 Å². The lowest BCUT2D eigenvalue weighted by molar-refractivity contribution is -0.319. The van der Waals surface area contributed by atoms with E-state index in [1.165, 1.54) is 20.2 Å². The summed E-state index contributed by atoms with van der Waals surface area (Å²) < 4.78 is 65.0. The summed E-state index contributed by atoms with van der Waals surface area (Å²) in [5.74, 6) is -5.16. The molecule has 1 aromatic carbocycles. The highest BCUT2D eigenvalue weighted by Crippen LogP contribution is 2.43. The molecule has 6 N–H and O–H groups in total. The second-order valence-electron chi connectivity index (χ2n) is 24.3. The van der Waals surface area contributed by atoms with Gasteiger partial charge in [0.25, 0.3) is 0 Å². The first-order chi connectivity index (χ1) is 40.1. The van der Waals surface area contributed by atoms with Gasteiger partial charge in [0.15, 0.2) is 18.7 Å². The van der Waals surface area contributed by atoms with Crippen LogP contribution in [0, 0.1) is 23.7 Å². The molecule has 25 heteroatoms. The van der Waals surface area contributed by atoms with Gasteiger partial charge in [-0.05, 0) is 107 Å². The number of rotatable bonds is 23. The minimum atomic E-state index is -1.96. The number of ether oxygens (including phenoxy) is 10.